The smallest absolute Gasteiger partial charge is 0.124 e. The number of benzene rings is 4. The number of hydrogen-bond acceptors (Lipinski definition) is 19. The molecule has 3 aliphatic heterocycles. The molecule has 0 saturated carbocycles. The Balaban J connectivity index is 0. The molecule has 7 rings (SSSR count). The highest BCUT2D eigenvalue weighted by Gasteiger charge is 2.15. The number of nitrogens with zero attached hydrogens (tertiary/aromatic N) is 12. The van der Waals surface area contributed by atoms with Crippen LogP contribution >= 0.6 is 0 Å². The zero-order chi connectivity index (χ0) is 66.3. The van der Waals surface area contributed by atoms with Crippen LogP contribution < -0.4 is 43.0 Å². The molecule has 0 spiro atoms. The van der Waals surface area contributed by atoms with E-state index in [4.69, 9.17) is 17.2 Å². The van der Waals surface area contributed by atoms with E-state index in [1.54, 1.807) is 0 Å². The molecule has 87 heavy (non-hydrogen) atoms. The number of nitrogens with one attached hydrogen (secondary N) is 3. The highest BCUT2D eigenvalue weighted by Crippen LogP contribution is 2.33. The SMILES string of the molecule is C1CCNC1.C1CCNCC1.CCN(CC)CC.CN(C)C(N)N(C)C.CN(C)Cc1cc(CN(C)C)c(O)c(CN(C)C)c1.CN(C)Cc1ccccc1.CN(C)c1cccc2cccc(N(C)C)c12.CN1CN(C)CN(C)C1.NCCNCCN. The summed E-state index contributed by atoms with van der Waals surface area (Å²) in [6, 6.07) is 27.5. The Morgan fingerprint density at radius 3 is 1.10 bits per heavy atom. The molecule has 0 unspecified atom stereocenters. The first-order valence-corrected chi connectivity index (χ1v) is 31.9. The van der Waals surface area contributed by atoms with Gasteiger partial charge in [-0.25, -0.2) is 0 Å². The topological polar surface area (TPSA) is 173 Å². The number of nitrogens with two attached hydrogens (primary N) is 3. The van der Waals surface area contributed by atoms with Crippen LogP contribution in [0.25, 0.3) is 10.8 Å². The van der Waals surface area contributed by atoms with E-state index in [-0.39, 0.29) is 6.29 Å². The highest BCUT2D eigenvalue weighted by molar-refractivity contribution is 6.03. The molecule has 504 valence electrons. The van der Waals surface area contributed by atoms with E-state index < -0.39 is 0 Å². The third-order valence-corrected chi connectivity index (χ3v) is 13.6. The molecule has 3 fully saturated rings. The summed E-state index contributed by atoms with van der Waals surface area (Å²) < 4.78 is 0. The van der Waals surface area contributed by atoms with E-state index in [1.807, 2.05) is 72.2 Å². The molecule has 3 aliphatic rings. The zero-order valence-corrected chi connectivity index (χ0v) is 59.9. The van der Waals surface area contributed by atoms with Crippen molar-refractivity contribution in [1.82, 2.24) is 64.9 Å². The first-order valence-electron chi connectivity index (χ1n) is 31.9. The van der Waals surface area contributed by atoms with E-state index in [1.165, 1.54) is 111 Å². The lowest BCUT2D eigenvalue weighted by Gasteiger charge is -2.36. The van der Waals surface area contributed by atoms with Crippen LogP contribution in [-0.2, 0) is 26.2 Å². The van der Waals surface area contributed by atoms with Gasteiger partial charge in [0.25, 0.3) is 0 Å². The Kier molecular flexibility index (Phi) is 51.4. The molecule has 0 radical (unpaired) electrons. The van der Waals surface area contributed by atoms with Crippen molar-refractivity contribution in [2.24, 2.45) is 17.2 Å². The number of rotatable bonds is 19. The van der Waals surface area contributed by atoms with Gasteiger partial charge in [0.15, 0.2) is 0 Å². The van der Waals surface area contributed by atoms with Gasteiger partial charge >= 0.3 is 0 Å². The predicted molar refractivity (Wildman–Crippen MR) is 383 cm³/mol. The van der Waals surface area contributed by atoms with Gasteiger partial charge in [-0.1, -0.05) is 81.8 Å². The summed E-state index contributed by atoms with van der Waals surface area (Å²) in [6.45, 7) is 25.0. The number of hydrogen-bond donors (Lipinski definition) is 7. The van der Waals surface area contributed by atoms with E-state index in [9.17, 15) is 5.11 Å². The highest BCUT2D eigenvalue weighted by atomic mass is 16.3. The quantitative estimate of drug-likeness (QED) is 0.0412. The van der Waals surface area contributed by atoms with Gasteiger partial charge in [-0.3, -0.25) is 24.5 Å². The molecule has 4 aromatic carbocycles. The molecular formula is C68H136N18O. The second kappa shape index (κ2) is 52.7. The Bertz CT molecular complexity index is 2050. The Morgan fingerprint density at radius 1 is 0.483 bits per heavy atom. The number of fused-ring (bicyclic) bond motifs is 1. The molecule has 19 heteroatoms. The average Bonchev–Trinajstić information content (AvgIpc) is 1.46. The summed E-state index contributed by atoms with van der Waals surface area (Å²) in [4.78, 5) is 25.9. The van der Waals surface area contributed by atoms with Crippen molar-refractivity contribution in [2.75, 3.05) is 236 Å². The Morgan fingerprint density at radius 2 is 0.839 bits per heavy atom. The van der Waals surface area contributed by atoms with Crippen LogP contribution in [0.2, 0.25) is 0 Å². The van der Waals surface area contributed by atoms with E-state index >= 15 is 0 Å². The molecule has 3 heterocycles. The summed E-state index contributed by atoms with van der Waals surface area (Å²) in [6.07, 6.45) is 7.03. The van der Waals surface area contributed by atoms with Crippen LogP contribution in [0.4, 0.5) is 11.4 Å². The summed E-state index contributed by atoms with van der Waals surface area (Å²) in [7, 11) is 38.9. The van der Waals surface area contributed by atoms with Gasteiger partial charge in [0.2, 0.25) is 0 Å². The molecule has 10 N–H and O–H groups in total. The van der Waals surface area contributed by atoms with Crippen molar-refractivity contribution >= 4 is 22.1 Å². The fraction of sp³-hybridized carbons (Fsp3) is 0.676. The maximum Gasteiger partial charge on any atom is 0.124 e. The fourth-order valence-electron chi connectivity index (χ4n) is 9.47. The first kappa shape index (κ1) is 85.0. The van der Waals surface area contributed by atoms with E-state index in [0.29, 0.717) is 18.8 Å². The van der Waals surface area contributed by atoms with E-state index in [2.05, 4.69) is 236 Å². The molecule has 3 saturated heterocycles. The van der Waals surface area contributed by atoms with Crippen molar-refractivity contribution in [3.63, 3.8) is 0 Å². The molecule has 19 nitrogen and oxygen atoms in total. The monoisotopic (exact) mass is 1220 g/mol. The summed E-state index contributed by atoms with van der Waals surface area (Å²) in [5, 5.41) is 22.5. The molecule has 0 amide bonds. The van der Waals surface area contributed by atoms with Crippen LogP contribution in [0.3, 0.4) is 0 Å². The average molecular weight is 1220 g/mol. The van der Waals surface area contributed by atoms with Crippen molar-refractivity contribution in [3.05, 3.63) is 101 Å². The predicted octanol–water partition coefficient (Wildman–Crippen LogP) is 6.29. The normalized spacial score (nSPS) is 14.2. The lowest BCUT2D eigenvalue weighted by atomic mass is 10.0. The van der Waals surface area contributed by atoms with Gasteiger partial charge in [0.1, 0.15) is 12.0 Å². The molecule has 0 aromatic heterocycles. The molecule has 0 bridgehead atoms. The maximum absolute atomic E-state index is 10.4. The first-order chi connectivity index (χ1) is 41.2. The van der Waals surface area contributed by atoms with Crippen LogP contribution in [0.1, 0.15) is 75.1 Å². The zero-order valence-electron chi connectivity index (χ0n) is 59.9. The number of anilines is 2. The van der Waals surface area contributed by atoms with Gasteiger partial charge in [-0.15, -0.1) is 0 Å². The Hall–Kier alpha value is -4.10. The number of phenolic OH excluding ortho intramolecular Hbond substituents is 1. The summed E-state index contributed by atoms with van der Waals surface area (Å²) in [5.41, 5.74) is 23.1. The minimum Gasteiger partial charge on any atom is -0.507 e. The van der Waals surface area contributed by atoms with Crippen LogP contribution in [0, 0.1) is 0 Å². The van der Waals surface area contributed by atoms with Gasteiger partial charge < -0.3 is 72.6 Å². The van der Waals surface area contributed by atoms with Gasteiger partial charge in [0, 0.05) is 108 Å². The lowest BCUT2D eigenvalue weighted by Crippen LogP contribution is -2.50. The van der Waals surface area contributed by atoms with Gasteiger partial charge in [-0.2, -0.15) is 0 Å². The Labute approximate surface area is 535 Å². The second-order valence-corrected chi connectivity index (χ2v) is 24.7. The van der Waals surface area contributed by atoms with Crippen molar-refractivity contribution in [3.8, 4) is 5.75 Å². The molecule has 0 atom stereocenters. The number of phenols is 1. The van der Waals surface area contributed by atoms with Crippen molar-refractivity contribution in [1.29, 1.82) is 0 Å². The largest absolute Gasteiger partial charge is 0.507 e. The van der Waals surface area contributed by atoms with E-state index in [0.717, 1.165) is 70.4 Å². The van der Waals surface area contributed by atoms with Crippen molar-refractivity contribution in [2.45, 2.75) is 85.3 Å². The second-order valence-electron chi connectivity index (χ2n) is 24.7. The van der Waals surface area contributed by atoms with Crippen LogP contribution in [0.15, 0.2) is 78.9 Å². The molecule has 0 aliphatic carbocycles. The van der Waals surface area contributed by atoms with Crippen molar-refractivity contribution < 1.29 is 5.11 Å². The van der Waals surface area contributed by atoms with Gasteiger partial charge in [0.05, 0.1) is 20.0 Å². The lowest BCUT2D eigenvalue weighted by molar-refractivity contribution is 0.0149. The maximum atomic E-state index is 10.4. The number of aromatic hydroxyl groups is 1. The summed E-state index contributed by atoms with van der Waals surface area (Å²) in [5.74, 6) is 0.435. The standard InChI is InChI=1S/C15H27N3O.C14H18N2.C9H13N.C6H15N3.C6H15N.C5H15N3.C5H11N.C4H13N3.C4H9N/c1-16(2)9-12-7-13(10-17(3)4)15(19)14(8-12)11-18(5)6;1-15(2)12-9-5-7-11-8-6-10-13(14(11)12)16(3)4;1-10(2)8-9-6-4-3-5-7-9;1-7-4-8(2)6-9(3)5-7;1-4-7(5-2)6-3;1-7(2)5(6)8(3)4;1-2-4-6-5-3-1;5-1-3-7-4-2-6;1-2-4-5-3-1/h7-8,19H,9-11H2,1-6H3;5-10H,1-4H3;3-7H,8H2,1-2H3;4-6H2,1-3H3;4-6H2,1-3H3;5H,6H2,1-4H3;6H,1-5H2;7H,1-6H2;5H,1-4H2. The fourth-order valence-corrected chi connectivity index (χ4v) is 9.47. The van der Waals surface area contributed by atoms with Crippen LogP contribution in [-0.4, -0.2) is 286 Å². The minimum absolute atomic E-state index is 0.0370. The third kappa shape index (κ3) is 44.1. The molecule has 4 aromatic rings. The minimum atomic E-state index is 0.0370. The van der Waals surface area contributed by atoms with Gasteiger partial charge in [-0.05, 0) is 218 Å². The molecular weight excluding hydrogens is 1080 g/mol. The van der Waals surface area contributed by atoms with Crippen LogP contribution in [0.5, 0.6) is 5.75 Å². The third-order valence-electron chi connectivity index (χ3n) is 13.6. The summed E-state index contributed by atoms with van der Waals surface area (Å²) >= 11 is 0. The number of piperidine rings is 1.